The molecule has 0 saturated carbocycles. The molecule has 1 aliphatic rings. The summed E-state index contributed by atoms with van der Waals surface area (Å²) in [4.78, 5) is 25.3. The highest BCUT2D eigenvalue weighted by Crippen LogP contribution is 2.19. The summed E-state index contributed by atoms with van der Waals surface area (Å²) < 4.78 is 0. The number of nitrogens with zero attached hydrogens (tertiary/aromatic N) is 1. The van der Waals surface area contributed by atoms with E-state index in [4.69, 9.17) is 0 Å². The normalized spacial score (nSPS) is 22.8. The van der Waals surface area contributed by atoms with Crippen LogP contribution in [0.3, 0.4) is 0 Å². The number of hydrogen-bond acceptors (Lipinski definition) is 3. The average molecular weight is 238 g/mol. The number of hydrogen-bond donors (Lipinski definition) is 1. The van der Waals surface area contributed by atoms with Gasteiger partial charge < -0.3 is 5.32 Å². The Morgan fingerprint density at radius 2 is 2.29 bits per heavy atom. The Balaban J connectivity index is 2.50. The van der Waals surface area contributed by atoms with Crippen LogP contribution in [0.1, 0.15) is 26.7 Å². The first-order valence-corrected chi connectivity index (χ1v) is 6.19. The highest BCUT2D eigenvalue weighted by Gasteiger charge is 2.28. The fourth-order valence-corrected chi connectivity index (χ4v) is 2.18. The van der Waals surface area contributed by atoms with Crippen LogP contribution < -0.4 is 5.32 Å². The molecule has 0 aromatic carbocycles. The van der Waals surface area contributed by atoms with Crippen molar-refractivity contribution in [3.8, 4) is 0 Å². The summed E-state index contributed by atoms with van der Waals surface area (Å²) >= 11 is 0. The van der Waals surface area contributed by atoms with Crippen LogP contribution in [0, 0.1) is 5.92 Å². The summed E-state index contributed by atoms with van der Waals surface area (Å²) in [5, 5.41) is 2.79. The third-order valence-corrected chi connectivity index (χ3v) is 3.38. The van der Waals surface area contributed by atoms with Gasteiger partial charge in [-0.2, -0.15) is 0 Å². The number of ketones is 1. The van der Waals surface area contributed by atoms with Gasteiger partial charge in [0, 0.05) is 19.0 Å². The summed E-state index contributed by atoms with van der Waals surface area (Å²) in [5.41, 5.74) is 0. The average Bonchev–Trinajstić information content (AvgIpc) is 2.35. The molecule has 0 bridgehead atoms. The molecular weight excluding hydrogens is 216 g/mol. The third kappa shape index (κ3) is 3.97. The molecule has 1 fully saturated rings. The molecule has 2 unspecified atom stereocenters. The third-order valence-electron chi connectivity index (χ3n) is 3.38. The van der Waals surface area contributed by atoms with Gasteiger partial charge in [-0.15, -0.1) is 6.58 Å². The van der Waals surface area contributed by atoms with E-state index >= 15 is 0 Å². The molecule has 0 aromatic rings. The number of nitrogens with one attached hydrogen (secondary N) is 1. The van der Waals surface area contributed by atoms with E-state index in [1.807, 2.05) is 6.92 Å². The molecule has 1 heterocycles. The second-order valence-corrected chi connectivity index (χ2v) is 4.65. The lowest BCUT2D eigenvalue weighted by molar-refractivity contribution is -0.129. The van der Waals surface area contributed by atoms with Crippen LogP contribution in [0.5, 0.6) is 0 Å². The topological polar surface area (TPSA) is 49.4 Å². The van der Waals surface area contributed by atoms with Gasteiger partial charge in [0.25, 0.3) is 0 Å². The lowest BCUT2D eigenvalue weighted by atomic mass is 9.93. The van der Waals surface area contributed by atoms with Crippen LogP contribution in [0.15, 0.2) is 12.7 Å². The maximum absolute atomic E-state index is 11.8. The van der Waals surface area contributed by atoms with Crippen LogP contribution in [0.4, 0.5) is 0 Å². The lowest BCUT2D eigenvalue weighted by Gasteiger charge is -2.35. The van der Waals surface area contributed by atoms with E-state index in [1.165, 1.54) is 0 Å². The number of piperidine rings is 1. The quantitative estimate of drug-likeness (QED) is 0.726. The zero-order chi connectivity index (χ0) is 12.8. The van der Waals surface area contributed by atoms with Crippen LogP contribution in [-0.2, 0) is 9.59 Å². The minimum Gasteiger partial charge on any atom is -0.351 e. The van der Waals surface area contributed by atoms with E-state index in [1.54, 1.807) is 13.0 Å². The second kappa shape index (κ2) is 6.55. The highest BCUT2D eigenvalue weighted by molar-refractivity contribution is 5.82. The zero-order valence-electron chi connectivity index (χ0n) is 10.7. The van der Waals surface area contributed by atoms with Crippen LogP contribution in [0.2, 0.25) is 0 Å². The monoisotopic (exact) mass is 238 g/mol. The fourth-order valence-electron chi connectivity index (χ4n) is 2.18. The first kappa shape index (κ1) is 13.9. The van der Waals surface area contributed by atoms with Crippen molar-refractivity contribution in [1.82, 2.24) is 10.2 Å². The molecule has 4 nitrogen and oxygen atoms in total. The molecule has 0 aliphatic carbocycles. The number of Topliss-reactive ketones (excluding diaryl/α,β-unsaturated/α-hetero) is 1. The molecule has 4 heteroatoms. The molecule has 1 amide bonds. The summed E-state index contributed by atoms with van der Waals surface area (Å²) in [6.45, 7) is 9.19. The number of amides is 1. The number of carbonyl (C=O) groups excluding carboxylic acids is 2. The summed E-state index contributed by atoms with van der Waals surface area (Å²) in [7, 11) is 0. The summed E-state index contributed by atoms with van der Waals surface area (Å²) in [6, 6.07) is -0.169. The van der Waals surface area contributed by atoms with E-state index in [2.05, 4.69) is 16.8 Å². The summed E-state index contributed by atoms with van der Waals surface area (Å²) in [6.07, 6.45) is 3.61. The molecule has 1 aliphatic heterocycles. The Hall–Kier alpha value is -1.16. The van der Waals surface area contributed by atoms with Crippen molar-refractivity contribution in [3.63, 3.8) is 0 Å². The molecule has 0 spiro atoms. The molecule has 1 saturated heterocycles. The van der Waals surface area contributed by atoms with Crippen molar-refractivity contribution in [2.75, 3.05) is 19.6 Å². The SMILES string of the molecule is C=CCNC(=O)C(C)N1CCCC(C(C)=O)C1. The van der Waals surface area contributed by atoms with Crippen molar-refractivity contribution in [2.45, 2.75) is 32.7 Å². The van der Waals surface area contributed by atoms with Crippen molar-refractivity contribution < 1.29 is 9.59 Å². The lowest BCUT2D eigenvalue weighted by Crippen LogP contribution is -2.50. The van der Waals surface area contributed by atoms with E-state index in [0.717, 1.165) is 19.4 Å². The van der Waals surface area contributed by atoms with Gasteiger partial charge in [0.15, 0.2) is 0 Å². The van der Waals surface area contributed by atoms with Crippen LogP contribution in [-0.4, -0.2) is 42.3 Å². The largest absolute Gasteiger partial charge is 0.351 e. The number of rotatable bonds is 5. The Morgan fingerprint density at radius 1 is 1.59 bits per heavy atom. The molecular formula is C13H22N2O2. The van der Waals surface area contributed by atoms with Crippen molar-refractivity contribution in [1.29, 1.82) is 0 Å². The fraction of sp³-hybridized carbons (Fsp3) is 0.692. The Kier molecular flexibility index (Phi) is 5.35. The molecule has 2 atom stereocenters. The predicted molar refractivity (Wildman–Crippen MR) is 67.6 cm³/mol. The first-order valence-electron chi connectivity index (χ1n) is 6.19. The minimum absolute atomic E-state index is 0.00843. The molecule has 17 heavy (non-hydrogen) atoms. The van der Waals surface area contributed by atoms with Gasteiger partial charge in [0.1, 0.15) is 5.78 Å². The Bertz CT molecular complexity index is 302. The molecule has 0 aromatic heterocycles. The molecule has 0 radical (unpaired) electrons. The van der Waals surface area contributed by atoms with Gasteiger partial charge in [0.05, 0.1) is 6.04 Å². The van der Waals surface area contributed by atoms with Crippen LogP contribution >= 0.6 is 0 Å². The molecule has 1 N–H and O–H groups in total. The van der Waals surface area contributed by atoms with E-state index in [-0.39, 0.29) is 23.7 Å². The maximum Gasteiger partial charge on any atom is 0.237 e. The predicted octanol–water partition coefficient (Wildman–Crippen LogP) is 0.978. The van der Waals surface area contributed by atoms with Gasteiger partial charge in [0.2, 0.25) is 5.91 Å². The second-order valence-electron chi connectivity index (χ2n) is 4.65. The smallest absolute Gasteiger partial charge is 0.237 e. The van der Waals surface area contributed by atoms with Crippen LogP contribution in [0.25, 0.3) is 0 Å². The van der Waals surface area contributed by atoms with E-state index < -0.39 is 0 Å². The van der Waals surface area contributed by atoms with E-state index in [9.17, 15) is 9.59 Å². The summed E-state index contributed by atoms with van der Waals surface area (Å²) in [5.74, 6) is 0.334. The molecule has 96 valence electrons. The molecule has 1 rings (SSSR count). The number of likely N-dealkylation sites (tertiary alicyclic amines) is 1. The number of carbonyl (C=O) groups is 2. The van der Waals surface area contributed by atoms with Gasteiger partial charge in [-0.05, 0) is 33.2 Å². The van der Waals surface area contributed by atoms with Gasteiger partial charge >= 0.3 is 0 Å². The van der Waals surface area contributed by atoms with Crippen molar-refractivity contribution in [3.05, 3.63) is 12.7 Å². The van der Waals surface area contributed by atoms with Gasteiger partial charge in [-0.3, -0.25) is 14.5 Å². The Labute approximate surface area is 103 Å². The van der Waals surface area contributed by atoms with E-state index in [0.29, 0.717) is 13.1 Å². The highest BCUT2D eigenvalue weighted by atomic mass is 16.2. The van der Waals surface area contributed by atoms with Gasteiger partial charge in [-0.1, -0.05) is 6.08 Å². The maximum atomic E-state index is 11.8. The minimum atomic E-state index is -0.169. The standard InChI is InChI=1S/C13H22N2O2/c1-4-7-14-13(17)10(2)15-8-5-6-12(9-15)11(3)16/h4,10,12H,1,5-9H2,2-3H3,(H,14,17). The van der Waals surface area contributed by atoms with Crippen molar-refractivity contribution in [2.24, 2.45) is 5.92 Å². The van der Waals surface area contributed by atoms with Crippen molar-refractivity contribution >= 4 is 11.7 Å². The Morgan fingerprint density at radius 3 is 2.88 bits per heavy atom. The van der Waals surface area contributed by atoms with Gasteiger partial charge in [-0.25, -0.2) is 0 Å². The first-order chi connectivity index (χ1) is 8.06. The zero-order valence-corrected chi connectivity index (χ0v) is 10.7.